The average molecular weight is 265 g/mol. The maximum absolute atomic E-state index is 6.03. The molecule has 0 atom stereocenters. The number of anilines is 3. The van der Waals surface area contributed by atoms with Crippen molar-refractivity contribution in [3.8, 4) is 5.75 Å². The molecule has 0 aliphatic carbocycles. The number of methoxy groups -OCH3 is 1. The van der Waals surface area contributed by atoms with Gasteiger partial charge >= 0.3 is 0 Å². The number of halogens is 1. The van der Waals surface area contributed by atoms with Crippen LogP contribution in [0.4, 0.5) is 17.5 Å². The molecule has 0 saturated heterocycles. The van der Waals surface area contributed by atoms with Crippen LogP contribution in [0.15, 0.2) is 30.5 Å². The topological polar surface area (TPSA) is 59.1 Å². The zero-order valence-corrected chi connectivity index (χ0v) is 10.8. The number of benzene rings is 1. The van der Waals surface area contributed by atoms with Crippen molar-refractivity contribution in [1.29, 1.82) is 0 Å². The van der Waals surface area contributed by atoms with Crippen molar-refractivity contribution in [3.05, 3.63) is 35.5 Å². The van der Waals surface area contributed by atoms with E-state index >= 15 is 0 Å². The Morgan fingerprint density at radius 3 is 2.89 bits per heavy atom. The molecule has 0 amide bonds. The van der Waals surface area contributed by atoms with E-state index in [0.29, 0.717) is 16.8 Å². The maximum atomic E-state index is 6.03. The molecule has 2 N–H and O–H groups in total. The van der Waals surface area contributed by atoms with Crippen molar-refractivity contribution in [3.63, 3.8) is 0 Å². The van der Waals surface area contributed by atoms with Crippen LogP contribution in [0, 0.1) is 0 Å². The second-order valence-electron chi connectivity index (χ2n) is 3.50. The summed E-state index contributed by atoms with van der Waals surface area (Å²) in [5.74, 6) is 1.81. The van der Waals surface area contributed by atoms with Crippen LogP contribution < -0.4 is 15.4 Å². The Balaban J connectivity index is 2.27. The Morgan fingerprint density at radius 2 is 2.17 bits per heavy atom. The molecule has 1 aromatic heterocycles. The lowest BCUT2D eigenvalue weighted by molar-refractivity contribution is 0.415. The lowest BCUT2D eigenvalue weighted by atomic mass is 10.3. The molecule has 0 unspecified atom stereocenters. The van der Waals surface area contributed by atoms with E-state index in [0.717, 1.165) is 11.4 Å². The quantitative estimate of drug-likeness (QED) is 0.889. The van der Waals surface area contributed by atoms with Crippen LogP contribution >= 0.6 is 11.6 Å². The smallest absolute Gasteiger partial charge is 0.224 e. The van der Waals surface area contributed by atoms with Crippen molar-refractivity contribution in [2.45, 2.75) is 0 Å². The third kappa shape index (κ3) is 2.81. The zero-order valence-electron chi connectivity index (χ0n) is 10.1. The fraction of sp³-hybridized carbons (Fsp3) is 0.167. The van der Waals surface area contributed by atoms with Gasteiger partial charge in [0.1, 0.15) is 10.8 Å². The normalized spacial score (nSPS) is 9.94. The van der Waals surface area contributed by atoms with Gasteiger partial charge in [0, 0.05) is 18.8 Å². The van der Waals surface area contributed by atoms with Gasteiger partial charge in [0.2, 0.25) is 5.95 Å². The van der Waals surface area contributed by atoms with Gasteiger partial charge < -0.3 is 15.4 Å². The second-order valence-corrected chi connectivity index (χ2v) is 3.90. The van der Waals surface area contributed by atoms with E-state index in [1.807, 2.05) is 24.3 Å². The molecule has 0 aliphatic heterocycles. The van der Waals surface area contributed by atoms with E-state index in [4.69, 9.17) is 16.3 Å². The van der Waals surface area contributed by atoms with Crippen LogP contribution in [0.25, 0.3) is 0 Å². The van der Waals surface area contributed by atoms with Gasteiger partial charge in [0.25, 0.3) is 0 Å². The summed E-state index contributed by atoms with van der Waals surface area (Å²) in [6, 6.07) is 7.51. The van der Waals surface area contributed by atoms with Gasteiger partial charge in [-0.15, -0.1) is 0 Å². The first-order valence-electron chi connectivity index (χ1n) is 5.34. The molecule has 0 aliphatic rings. The maximum Gasteiger partial charge on any atom is 0.224 e. The molecular weight excluding hydrogens is 252 g/mol. The molecule has 0 saturated carbocycles. The van der Waals surface area contributed by atoms with E-state index in [2.05, 4.69) is 20.6 Å². The highest BCUT2D eigenvalue weighted by atomic mass is 35.5. The van der Waals surface area contributed by atoms with Crippen molar-refractivity contribution in [2.75, 3.05) is 24.8 Å². The Morgan fingerprint density at radius 1 is 1.33 bits per heavy atom. The lowest BCUT2D eigenvalue weighted by Crippen LogP contribution is -2.01. The van der Waals surface area contributed by atoms with Crippen molar-refractivity contribution >= 4 is 29.1 Å². The first kappa shape index (κ1) is 12.4. The van der Waals surface area contributed by atoms with Crippen LogP contribution in [0.2, 0.25) is 5.02 Å². The third-order valence-electron chi connectivity index (χ3n) is 2.30. The van der Waals surface area contributed by atoms with E-state index in [1.54, 1.807) is 20.4 Å². The third-order valence-corrected chi connectivity index (χ3v) is 2.58. The first-order chi connectivity index (χ1) is 8.72. The molecule has 94 valence electrons. The standard InChI is InChI=1S/C12H13ClN4O/c1-14-12-15-7-10(13)11(17-12)16-8-4-3-5-9(6-8)18-2/h3-7H,1-2H3,(H2,14,15,16,17). The Kier molecular flexibility index (Phi) is 3.84. The second kappa shape index (κ2) is 5.55. The molecule has 6 heteroatoms. The van der Waals surface area contributed by atoms with Gasteiger partial charge in [-0.2, -0.15) is 4.98 Å². The Hall–Kier alpha value is -2.01. The fourth-order valence-corrected chi connectivity index (χ4v) is 1.55. The van der Waals surface area contributed by atoms with Crippen LogP contribution in [0.3, 0.4) is 0 Å². The first-order valence-corrected chi connectivity index (χ1v) is 5.72. The molecule has 5 nitrogen and oxygen atoms in total. The molecule has 2 aromatic rings. The Labute approximate surface area is 110 Å². The highest BCUT2D eigenvalue weighted by Gasteiger charge is 2.05. The summed E-state index contributed by atoms with van der Waals surface area (Å²) in [4.78, 5) is 8.25. The lowest BCUT2D eigenvalue weighted by Gasteiger charge is -2.09. The van der Waals surface area contributed by atoms with Crippen molar-refractivity contribution in [2.24, 2.45) is 0 Å². The molecule has 1 heterocycles. The predicted molar refractivity (Wildman–Crippen MR) is 72.9 cm³/mol. The molecule has 0 radical (unpaired) electrons. The summed E-state index contributed by atoms with van der Waals surface area (Å²) in [6.45, 7) is 0. The van der Waals surface area contributed by atoms with E-state index in [-0.39, 0.29) is 0 Å². The summed E-state index contributed by atoms with van der Waals surface area (Å²) in [5.41, 5.74) is 0.844. The number of rotatable bonds is 4. The SMILES string of the molecule is CNc1ncc(Cl)c(Nc2cccc(OC)c2)n1. The van der Waals surface area contributed by atoms with Crippen LogP contribution in [-0.4, -0.2) is 24.1 Å². The Bertz CT molecular complexity index is 547. The van der Waals surface area contributed by atoms with Gasteiger partial charge in [-0.25, -0.2) is 4.98 Å². The molecule has 2 rings (SSSR count). The molecule has 0 bridgehead atoms. The minimum absolute atomic E-state index is 0.455. The molecule has 18 heavy (non-hydrogen) atoms. The van der Waals surface area contributed by atoms with Crippen molar-refractivity contribution in [1.82, 2.24) is 9.97 Å². The molecule has 0 fully saturated rings. The van der Waals surface area contributed by atoms with Gasteiger partial charge in [0.05, 0.1) is 13.3 Å². The molecule has 0 spiro atoms. The average Bonchev–Trinajstić information content (AvgIpc) is 2.41. The largest absolute Gasteiger partial charge is 0.497 e. The number of nitrogens with one attached hydrogen (secondary N) is 2. The minimum Gasteiger partial charge on any atom is -0.497 e. The van der Waals surface area contributed by atoms with Crippen LogP contribution in [0.5, 0.6) is 5.75 Å². The number of nitrogens with zero attached hydrogens (tertiary/aromatic N) is 2. The summed E-state index contributed by atoms with van der Waals surface area (Å²) in [5, 5.41) is 6.43. The van der Waals surface area contributed by atoms with Gasteiger partial charge in [-0.3, -0.25) is 0 Å². The van der Waals surface area contributed by atoms with E-state index in [1.165, 1.54) is 0 Å². The molecular formula is C12H13ClN4O. The molecule has 1 aromatic carbocycles. The predicted octanol–water partition coefficient (Wildman–Crippen LogP) is 2.92. The zero-order chi connectivity index (χ0) is 13.0. The van der Waals surface area contributed by atoms with Gasteiger partial charge in [-0.05, 0) is 12.1 Å². The van der Waals surface area contributed by atoms with Crippen LogP contribution in [0.1, 0.15) is 0 Å². The fourth-order valence-electron chi connectivity index (χ4n) is 1.41. The highest BCUT2D eigenvalue weighted by molar-refractivity contribution is 6.32. The van der Waals surface area contributed by atoms with Gasteiger partial charge in [-0.1, -0.05) is 17.7 Å². The van der Waals surface area contributed by atoms with E-state index in [9.17, 15) is 0 Å². The van der Waals surface area contributed by atoms with Crippen molar-refractivity contribution < 1.29 is 4.74 Å². The minimum atomic E-state index is 0.455. The number of aromatic nitrogens is 2. The number of ether oxygens (including phenoxy) is 1. The monoisotopic (exact) mass is 264 g/mol. The van der Waals surface area contributed by atoms with Crippen LogP contribution in [-0.2, 0) is 0 Å². The van der Waals surface area contributed by atoms with Gasteiger partial charge in [0.15, 0.2) is 5.82 Å². The summed E-state index contributed by atoms with van der Waals surface area (Å²) in [6.07, 6.45) is 1.54. The van der Waals surface area contributed by atoms with E-state index < -0.39 is 0 Å². The highest BCUT2D eigenvalue weighted by Crippen LogP contribution is 2.25. The summed E-state index contributed by atoms with van der Waals surface area (Å²) < 4.78 is 5.15. The number of hydrogen-bond donors (Lipinski definition) is 2. The summed E-state index contributed by atoms with van der Waals surface area (Å²) in [7, 11) is 3.37. The number of hydrogen-bond acceptors (Lipinski definition) is 5. The summed E-state index contributed by atoms with van der Waals surface area (Å²) >= 11 is 6.03.